The van der Waals surface area contributed by atoms with Gasteiger partial charge in [-0.1, -0.05) is 17.7 Å². The Kier molecular flexibility index (Phi) is 4.13. The van der Waals surface area contributed by atoms with E-state index in [1.807, 2.05) is 19.1 Å². The zero-order valence-electron chi connectivity index (χ0n) is 16.1. The number of quaternary nitrogens is 1. The van der Waals surface area contributed by atoms with Crippen LogP contribution in [0.5, 0.6) is 0 Å². The van der Waals surface area contributed by atoms with Crippen molar-refractivity contribution in [1.29, 1.82) is 0 Å². The number of fused-ring (bicyclic) bond motifs is 3. The first kappa shape index (κ1) is 18.2. The number of nitrogens with one attached hydrogen (secondary N) is 1. The number of anilines is 1. The third kappa shape index (κ3) is 2.66. The minimum atomic E-state index is -0.651. The lowest BCUT2D eigenvalue weighted by molar-refractivity contribution is -0.915. The smallest absolute Gasteiger partial charge is 0.244 e. The summed E-state index contributed by atoms with van der Waals surface area (Å²) in [5.74, 6) is -2.17. The number of hydrogen-bond acceptors (Lipinski definition) is 3. The van der Waals surface area contributed by atoms with E-state index in [-0.39, 0.29) is 23.6 Å². The van der Waals surface area contributed by atoms with Gasteiger partial charge < -0.3 is 4.90 Å². The van der Waals surface area contributed by atoms with Crippen LogP contribution >= 0.6 is 0 Å². The molecule has 1 unspecified atom stereocenters. The van der Waals surface area contributed by atoms with E-state index in [0.717, 1.165) is 29.8 Å². The number of Topliss-reactive ketones (excluding diaryl/α,β-unsaturated/α-hetero) is 1. The van der Waals surface area contributed by atoms with E-state index in [0.29, 0.717) is 11.3 Å². The lowest BCUT2D eigenvalue weighted by Crippen LogP contribution is -3.16. The highest BCUT2D eigenvalue weighted by Crippen LogP contribution is 2.40. The summed E-state index contributed by atoms with van der Waals surface area (Å²) in [6, 6.07) is 12.2. The SMILES string of the molecule is Cc1ccc(N2C(=O)[C@@H]3[C@@H](C2=O)[C@@H](C(=O)c2ccc(F)cc2)[NH+]2CCC[C@H]32)cc1. The monoisotopic (exact) mass is 393 g/mol. The van der Waals surface area contributed by atoms with Gasteiger partial charge in [0.25, 0.3) is 0 Å². The number of amides is 2. The Labute approximate surface area is 168 Å². The van der Waals surface area contributed by atoms with Crippen LogP contribution in [-0.2, 0) is 9.59 Å². The summed E-state index contributed by atoms with van der Waals surface area (Å²) in [4.78, 5) is 42.4. The van der Waals surface area contributed by atoms with Crippen LogP contribution in [0.2, 0.25) is 0 Å². The van der Waals surface area contributed by atoms with Gasteiger partial charge >= 0.3 is 0 Å². The van der Waals surface area contributed by atoms with E-state index in [1.165, 1.54) is 29.2 Å². The summed E-state index contributed by atoms with van der Waals surface area (Å²) in [5.41, 5.74) is 2.00. The van der Waals surface area contributed by atoms with E-state index in [4.69, 9.17) is 0 Å². The molecule has 0 aromatic heterocycles. The van der Waals surface area contributed by atoms with Crippen molar-refractivity contribution in [3.05, 3.63) is 65.5 Å². The Morgan fingerprint density at radius 2 is 1.66 bits per heavy atom. The number of benzene rings is 2. The lowest BCUT2D eigenvalue weighted by atomic mass is 9.85. The Morgan fingerprint density at radius 1 is 1.00 bits per heavy atom. The van der Waals surface area contributed by atoms with E-state index >= 15 is 0 Å². The zero-order valence-corrected chi connectivity index (χ0v) is 16.1. The molecular formula is C23H22FN2O3+. The maximum atomic E-state index is 13.4. The molecule has 5 atom stereocenters. The molecule has 3 aliphatic rings. The third-order valence-corrected chi connectivity index (χ3v) is 6.75. The third-order valence-electron chi connectivity index (χ3n) is 6.75. The Hall–Kier alpha value is -2.86. The fraction of sp³-hybridized carbons (Fsp3) is 0.348. The number of carbonyl (C=O) groups is 3. The predicted molar refractivity (Wildman–Crippen MR) is 104 cm³/mol. The van der Waals surface area contributed by atoms with Gasteiger partial charge in [0.1, 0.15) is 23.7 Å². The molecule has 5 rings (SSSR count). The van der Waals surface area contributed by atoms with Crippen LogP contribution < -0.4 is 9.80 Å². The van der Waals surface area contributed by atoms with Crippen molar-refractivity contribution in [2.45, 2.75) is 31.8 Å². The maximum Gasteiger partial charge on any atom is 0.244 e. The molecule has 0 spiro atoms. The average molecular weight is 393 g/mol. The van der Waals surface area contributed by atoms with Gasteiger partial charge in [0.05, 0.1) is 12.2 Å². The van der Waals surface area contributed by atoms with E-state index in [9.17, 15) is 18.8 Å². The van der Waals surface area contributed by atoms with Crippen LogP contribution in [0, 0.1) is 24.6 Å². The van der Waals surface area contributed by atoms with E-state index in [1.54, 1.807) is 12.1 Å². The fourth-order valence-electron chi connectivity index (χ4n) is 5.48. The minimum Gasteiger partial charge on any atom is -0.322 e. The molecule has 2 aromatic rings. The molecule has 2 aromatic carbocycles. The highest BCUT2D eigenvalue weighted by atomic mass is 19.1. The van der Waals surface area contributed by atoms with Gasteiger partial charge in [-0.15, -0.1) is 0 Å². The van der Waals surface area contributed by atoms with Crippen molar-refractivity contribution in [1.82, 2.24) is 0 Å². The number of imide groups is 1. The quantitative estimate of drug-likeness (QED) is 0.636. The summed E-state index contributed by atoms with van der Waals surface area (Å²) in [7, 11) is 0. The Bertz CT molecular complexity index is 1000. The number of halogens is 1. The zero-order chi connectivity index (χ0) is 20.3. The summed E-state index contributed by atoms with van der Waals surface area (Å²) in [5, 5.41) is 0. The minimum absolute atomic E-state index is 0.0127. The van der Waals surface area contributed by atoms with Crippen LogP contribution in [0.25, 0.3) is 0 Å². The average Bonchev–Trinajstić information content (AvgIpc) is 3.35. The van der Waals surface area contributed by atoms with Crippen LogP contribution in [-0.4, -0.2) is 36.2 Å². The molecule has 0 aliphatic carbocycles. The molecule has 0 radical (unpaired) electrons. The molecule has 2 amide bonds. The Morgan fingerprint density at radius 3 is 2.34 bits per heavy atom. The number of aryl methyl sites for hydroxylation is 1. The van der Waals surface area contributed by atoms with E-state index < -0.39 is 23.7 Å². The topological polar surface area (TPSA) is 58.9 Å². The Balaban J connectivity index is 1.54. The largest absolute Gasteiger partial charge is 0.322 e. The van der Waals surface area contributed by atoms with Crippen molar-refractivity contribution < 1.29 is 23.7 Å². The van der Waals surface area contributed by atoms with Crippen LogP contribution in [0.3, 0.4) is 0 Å². The standard InChI is InChI=1S/C23H21FN2O3/c1-13-4-10-16(11-5-13)26-22(28)18-17-3-2-12-25(17)20(19(18)23(26)29)21(27)14-6-8-15(24)9-7-14/h4-11,17-20H,2-3,12H2,1H3/p+1/t17-,18+,19-,20+/m1/s1. The van der Waals surface area contributed by atoms with Gasteiger partial charge in [-0.2, -0.15) is 0 Å². The second-order valence-corrected chi connectivity index (χ2v) is 8.32. The first-order valence-electron chi connectivity index (χ1n) is 10.1. The van der Waals surface area contributed by atoms with Gasteiger partial charge in [-0.3, -0.25) is 14.4 Å². The van der Waals surface area contributed by atoms with Crippen molar-refractivity contribution in [3.8, 4) is 0 Å². The van der Waals surface area contributed by atoms with Gasteiger partial charge in [0.15, 0.2) is 6.04 Å². The number of nitrogens with zero attached hydrogens (tertiary/aromatic N) is 1. The van der Waals surface area contributed by atoms with Crippen LogP contribution in [0.4, 0.5) is 10.1 Å². The lowest BCUT2D eigenvalue weighted by Gasteiger charge is -2.25. The molecule has 148 valence electrons. The van der Waals surface area contributed by atoms with Crippen molar-refractivity contribution >= 4 is 23.3 Å². The normalized spacial score (nSPS) is 30.6. The summed E-state index contributed by atoms with van der Waals surface area (Å²) in [6.07, 6.45) is 1.77. The highest BCUT2D eigenvalue weighted by molar-refractivity contribution is 6.24. The molecule has 0 bridgehead atoms. The summed E-state index contributed by atoms with van der Waals surface area (Å²) in [6.45, 7) is 2.73. The molecule has 3 aliphatic heterocycles. The molecular weight excluding hydrogens is 371 g/mol. The number of hydrogen-bond donors (Lipinski definition) is 1. The molecule has 6 heteroatoms. The van der Waals surface area contributed by atoms with Gasteiger partial charge in [0, 0.05) is 18.4 Å². The first-order chi connectivity index (χ1) is 14.0. The summed E-state index contributed by atoms with van der Waals surface area (Å²) >= 11 is 0. The number of ketones is 1. The van der Waals surface area contributed by atoms with Crippen molar-refractivity contribution in [2.75, 3.05) is 11.4 Å². The van der Waals surface area contributed by atoms with Gasteiger partial charge in [0.2, 0.25) is 17.6 Å². The van der Waals surface area contributed by atoms with E-state index in [2.05, 4.69) is 0 Å². The molecule has 29 heavy (non-hydrogen) atoms. The molecule has 1 N–H and O–H groups in total. The molecule has 5 nitrogen and oxygen atoms in total. The maximum absolute atomic E-state index is 13.4. The molecule has 3 heterocycles. The second kappa shape index (κ2) is 6.59. The summed E-state index contributed by atoms with van der Waals surface area (Å²) < 4.78 is 13.3. The van der Waals surface area contributed by atoms with Crippen molar-refractivity contribution in [2.24, 2.45) is 11.8 Å². The number of rotatable bonds is 3. The van der Waals surface area contributed by atoms with Gasteiger partial charge in [-0.05, 0) is 43.3 Å². The van der Waals surface area contributed by atoms with Gasteiger partial charge in [-0.25, -0.2) is 9.29 Å². The molecule has 3 saturated heterocycles. The molecule has 3 fully saturated rings. The first-order valence-corrected chi connectivity index (χ1v) is 10.1. The second-order valence-electron chi connectivity index (χ2n) is 8.32. The predicted octanol–water partition coefficient (Wildman–Crippen LogP) is 1.55. The number of carbonyl (C=O) groups excluding carboxylic acids is 3. The fourth-order valence-corrected chi connectivity index (χ4v) is 5.48. The van der Waals surface area contributed by atoms with Crippen LogP contribution in [0.1, 0.15) is 28.8 Å². The van der Waals surface area contributed by atoms with Crippen LogP contribution in [0.15, 0.2) is 48.5 Å². The van der Waals surface area contributed by atoms with Crippen molar-refractivity contribution in [3.63, 3.8) is 0 Å². The highest BCUT2D eigenvalue weighted by Gasteiger charge is 2.68. The molecule has 0 saturated carbocycles.